The van der Waals surface area contributed by atoms with Crippen molar-refractivity contribution in [3.8, 4) is 11.4 Å². The van der Waals surface area contributed by atoms with E-state index in [1.807, 2.05) is 12.1 Å². The molecule has 3 aromatic rings. The van der Waals surface area contributed by atoms with E-state index in [1.165, 1.54) is 6.33 Å². The van der Waals surface area contributed by atoms with Gasteiger partial charge in [-0.15, -0.1) is 0 Å². The Morgan fingerprint density at radius 1 is 1.07 bits per heavy atom. The maximum atomic E-state index is 12.1. The third-order valence-electron chi connectivity index (χ3n) is 4.25. The number of anilines is 2. The second-order valence-electron chi connectivity index (χ2n) is 6.52. The first-order valence-electron chi connectivity index (χ1n) is 8.96. The minimum absolute atomic E-state index is 0.0317. The maximum Gasteiger partial charge on any atom is 0.262 e. The highest BCUT2D eigenvalue weighted by Gasteiger charge is 2.29. The van der Waals surface area contributed by atoms with Gasteiger partial charge < -0.3 is 15.4 Å². The lowest BCUT2D eigenvalue weighted by Gasteiger charge is -2.10. The van der Waals surface area contributed by atoms with Gasteiger partial charge in [0.05, 0.1) is 5.69 Å². The molecule has 2 amide bonds. The molecule has 4 rings (SSSR count). The summed E-state index contributed by atoms with van der Waals surface area (Å²) in [7, 11) is 0. The zero-order chi connectivity index (χ0) is 19.3. The lowest BCUT2D eigenvalue weighted by atomic mass is 10.2. The molecule has 0 bridgehead atoms. The number of hydrogen-bond acceptors (Lipinski definition) is 5. The van der Waals surface area contributed by atoms with E-state index in [0.717, 1.165) is 18.5 Å². The number of hydrogen-bond donors (Lipinski definition) is 2. The first kappa shape index (κ1) is 17.7. The molecular weight excluding hydrogens is 358 g/mol. The molecule has 2 N–H and O–H groups in total. The lowest BCUT2D eigenvalue weighted by Crippen LogP contribution is -2.20. The average molecular weight is 377 g/mol. The monoisotopic (exact) mass is 377 g/mol. The number of nitrogens with zero attached hydrogens (tertiary/aromatic N) is 3. The molecule has 1 heterocycles. The van der Waals surface area contributed by atoms with Crippen molar-refractivity contribution in [1.29, 1.82) is 0 Å². The number of nitrogens with one attached hydrogen (secondary N) is 2. The van der Waals surface area contributed by atoms with Gasteiger partial charge in [0, 0.05) is 23.4 Å². The summed E-state index contributed by atoms with van der Waals surface area (Å²) in [6.45, 7) is -0.134. The van der Waals surface area contributed by atoms with E-state index in [9.17, 15) is 9.59 Å². The van der Waals surface area contributed by atoms with Gasteiger partial charge in [0.2, 0.25) is 5.91 Å². The predicted molar refractivity (Wildman–Crippen MR) is 103 cm³/mol. The summed E-state index contributed by atoms with van der Waals surface area (Å²) < 4.78 is 7.16. The van der Waals surface area contributed by atoms with E-state index in [-0.39, 0.29) is 24.3 Å². The predicted octanol–water partition coefficient (Wildman–Crippen LogP) is 2.63. The van der Waals surface area contributed by atoms with Gasteiger partial charge in [-0.25, -0.2) is 9.67 Å². The Morgan fingerprint density at radius 2 is 1.89 bits per heavy atom. The second kappa shape index (κ2) is 7.91. The summed E-state index contributed by atoms with van der Waals surface area (Å²) in [5.74, 6) is 0.404. The molecule has 0 radical (unpaired) electrons. The molecule has 142 valence electrons. The Bertz CT molecular complexity index is 966. The standard InChI is InChI=1S/C20H19N5O3/c26-19(23-15-6-8-17(9-7-15)25-13-21-12-22-25)11-28-18-3-1-2-16(10-18)24-20(27)14-4-5-14/h1-3,6-10,12-14H,4-5,11H2,(H,23,26)(H,24,27). The molecule has 1 fully saturated rings. The van der Waals surface area contributed by atoms with Crippen LogP contribution in [0.5, 0.6) is 5.75 Å². The molecule has 0 spiro atoms. The normalized spacial score (nSPS) is 13.0. The van der Waals surface area contributed by atoms with Crippen molar-refractivity contribution >= 4 is 23.2 Å². The van der Waals surface area contributed by atoms with E-state index in [0.29, 0.717) is 17.1 Å². The number of carbonyl (C=O) groups excluding carboxylic acids is 2. The first-order chi connectivity index (χ1) is 13.7. The van der Waals surface area contributed by atoms with Crippen molar-refractivity contribution in [1.82, 2.24) is 14.8 Å². The van der Waals surface area contributed by atoms with Crippen LogP contribution in [0.2, 0.25) is 0 Å². The molecule has 1 saturated carbocycles. The van der Waals surface area contributed by atoms with Crippen molar-refractivity contribution in [3.63, 3.8) is 0 Å². The molecule has 8 nitrogen and oxygen atoms in total. The van der Waals surface area contributed by atoms with Crippen LogP contribution >= 0.6 is 0 Å². The quantitative estimate of drug-likeness (QED) is 0.660. The summed E-state index contributed by atoms with van der Waals surface area (Å²) in [6.07, 6.45) is 4.95. The Morgan fingerprint density at radius 3 is 2.61 bits per heavy atom. The Balaban J connectivity index is 1.29. The van der Waals surface area contributed by atoms with Crippen molar-refractivity contribution in [2.75, 3.05) is 17.2 Å². The number of rotatable bonds is 7. The minimum atomic E-state index is -0.277. The molecule has 1 aliphatic rings. The van der Waals surface area contributed by atoms with Crippen LogP contribution in [0.3, 0.4) is 0 Å². The lowest BCUT2D eigenvalue weighted by molar-refractivity contribution is -0.118. The highest BCUT2D eigenvalue weighted by molar-refractivity contribution is 5.94. The SMILES string of the molecule is O=C(COc1cccc(NC(=O)C2CC2)c1)Nc1ccc(-n2cncn2)cc1. The topological polar surface area (TPSA) is 98.1 Å². The smallest absolute Gasteiger partial charge is 0.262 e. The van der Waals surface area contributed by atoms with Gasteiger partial charge in [-0.1, -0.05) is 6.07 Å². The van der Waals surface area contributed by atoms with E-state index in [1.54, 1.807) is 47.4 Å². The van der Waals surface area contributed by atoms with E-state index in [4.69, 9.17) is 4.74 Å². The third-order valence-corrected chi connectivity index (χ3v) is 4.25. The fourth-order valence-corrected chi connectivity index (χ4v) is 2.64. The Kier molecular flexibility index (Phi) is 5.01. The zero-order valence-electron chi connectivity index (χ0n) is 15.0. The van der Waals surface area contributed by atoms with Crippen molar-refractivity contribution in [2.45, 2.75) is 12.8 Å². The largest absolute Gasteiger partial charge is 0.484 e. The number of amides is 2. The number of aromatic nitrogens is 3. The molecule has 8 heteroatoms. The maximum absolute atomic E-state index is 12.1. The van der Waals surface area contributed by atoms with Crippen LogP contribution in [0.4, 0.5) is 11.4 Å². The summed E-state index contributed by atoms with van der Waals surface area (Å²) >= 11 is 0. The van der Waals surface area contributed by atoms with E-state index in [2.05, 4.69) is 20.7 Å². The fourth-order valence-electron chi connectivity index (χ4n) is 2.64. The molecule has 28 heavy (non-hydrogen) atoms. The number of ether oxygens (including phenoxy) is 1. The first-order valence-corrected chi connectivity index (χ1v) is 8.96. The van der Waals surface area contributed by atoms with Gasteiger partial charge >= 0.3 is 0 Å². The summed E-state index contributed by atoms with van der Waals surface area (Å²) in [6, 6.07) is 14.2. The fraction of sp³-hybridized carbons (Fsp3) is 0.200. The second-order valence-corrected chi connectivity index (χ2v) is 6.52. The van der Waals surface area contributed by atoms with Gasteiger partial charge in [0.1, 0.15) is 18.4 Å². The van der Waals surface area contributed by atoms with Crippen LogP contribution in [-0.2, 0) is 9.59 Å². The summed E-state index contributed by atoms with van der Waals surface area (Å²) in [5, 5.41) is 9.68. The highest BCUT2D eigenvalue weighted by Crippen LogP contribution is 2.30. The van der Waals surface area contributed by atoms with E-state index >= 15 is 0 Å². The van der Waals surface area contributed by atoms with Gasteiger partial charge in [0.15, 0.2) is 6.61 Å². The van der Waals surface area contributed by atoms with Crippen molar-refractivity contribution in [3.05, 3.63) is 61.2 Å². The van der Waals surface area contributed by atoms with Crippen LogP contribution in [0, 0.1) is 5.92 Å². The number of benzene rings is 2. The Labute approximate surface area is 161 Å². The summed E-state index contributed by atoms with van der Waals surface area (Å²) in [5.41, 5.74) is 2.17. The van der Waals surface area contributed by atoms with Crippen LogP contribution in [0.15, 0.2) is 61.2 Å². The molecule has 1 aromatic heterocycles. The molecule has 2 aromatic carbocycles. The van der Waals surface area contributed by atoms with Gasteiger partial charge in [0.25, 0.3) is 5.91 Å². The molecule has 0 unspecified atom stereocenters. The van der Waals surface area contributed by atoms with Gasteiger partial charge in [-0.2, -0.15) is 5.10 Å². The van der Waals surface area contributed by atoms with Crippen LogP contribution in [-0.4, -0.2) is 33.2 Å². The minimum Gasteiger partial charge on any atom is -0.484 e. The number of carbonyl (C=O) groups is 2. The molecular formula is C20H19N5O3. The van der Waals surface area contributed by atoms with Crippen LogP contribution in [0.25, 0.3) is 5.69 Å². The van der Waals surface area contributed by atoms with Crippen LogP contribution < -0.4 is 15.4 Å². The molecule has 1 aliphatic carbocycles. The van der Waals surface area contributed by atoms with Gasteiger partial charge in [-0.3, -0.25) is 9.59 Å². The molecule has 0 saturated heterocycles. The van der Waals surface area contributed by atoms with Crippen molar-refractivity contribution in [2.24, 2.45) is 5.92 Å². The molecule has 0 aliphatic heterocycles. The van der Waals surface area contributed by atoms with E-state index < -0.39 is 0 Å². The highest BCUT2D eigenvalue weighted by atomic mass is 16.5. The summed E-state index contributed by atoms with van der Waals surface area (Å²) in [4.78, 5) is 27.9. The van der Waals surface area contributed by atoms with Crippen molar-refractivity contribution < 1.29 is 14.3 Å². The van der Waals surface area contributed by atoms with Gasteiger partial charge in [-0.05, 0) is 49.2 Å². The molecule has 0 atom stereocenters. The average Bonchev–Trinajstić information content (AvgIpc) is 3.42. The van der Waals surface area contributed by atoms with Crippen LogP contribution in [0.1, 0.15) is 12.8 Å². The Hall–Kier alpha value is -3.68. The third kappa shape index (κ3) is 4.53. The zero-order valence-corrected chi connectivity index (χ0v) is 15.0.